The van der Waals surface area contributed by atoms with Crippen LogP contribution >= 0.6 is 10.8 Å². The van der Waals surface area contributed by atoms with Crippen LogP contribution in [0.2, 0.25) is 0 Å². The summed E-state index contributed by atoms with van der Waals surface area (Å²) in [5.41, 5.74) is 2.42. The number of ether oxygens (including phenoxy) is 1. The summed E-state index contributed by atoms with van der Waals surface area (Å²) in [5.74, 6) is 0.698. The van der Waals surface area contributed by atoms with Gasteiger partial charge in [-0.15, -0.1) is 10.8 Å². The minimum absolute atomic E-state index is 0.0584. The molecule has 4 aromatic carbocycles. The van der Waals surface area contributed by atoms with E-state index < -0.39 is 10.8 Å². The van der Waals surface area contributed by atoms with Crippen LogP contribution in [-0.2, 0) is 13.1 Å². The van der Waals surface area contributed by atoms with Crippen molar-refractivity contribution >= 4 is 21.5 Å². The van der Waals surface area contributed by atoms with Crippen molar-refractivity contribution in [1.82, 2.24) is 9.21 Å². The maximum Gasteiger partial charge on any atom is 0.118 e. The molecule has 1 heterocycles. The molecule has 4 aromatic rings. The minimum atomic E-state index is -3.21. The Morgan fingerprint density at radius 3 is 2.22 bits per heavy atom. The van der Waals surface area contributed by atoms with Crippen molar-refractivity contribution in [3.63, 3.8) is 0 Å². The summed E-state index contributed by atoms with van der Waals surface area (Å²) in [6, 6.07) is 32.3. The van der Waals surface area contributed by atoms with Crippen molar-refractivity contribution in [2.75, 3.05) is 20.2 Å². The van der Waals surface area contributed by atoms with Crippen molar-refractivity contribution < 1.29 is 13.8 Å². The van der Waals surface area contributed by atoms with E-state index in [9.17, 15) is 9.11 Å². The largest absolute Gasteiger partial charge is 0.497 e. The lowest BCUT2D eigenvalue weighted by Crippen LogP contribution is -2.45. The fourth-order valence-electron chi connectivity index (χ4n) is 5.13. The van der Waals surface area contributed by atoms with Gasteiger partial charge in [0.1, 0.15) is 5.75 Å². The summed E-state index contributed by atoms with van der Waals surface area (Å²) in [6.07, 6.45) is 1.76. The molecule has 0 bridgehead atoms. The predicted molar refractivity (Wildman–Crippen MR) is 148 cm³/mol. The van der Waals surface area contributed by atoms with Crippen LogP contribution in [0.4, 0.5) is 0 Å². The monoisotopic (exact) mass is 502 g/mol. The topological polar surface area (TPSA) is 56.2 Å². The van der Waals surface area contributed by atoms with E-state index in [-0.39, 0.29) is 6.04 Å². The van der Waals surface area contributed by atoms with Crippen LogP contribution < -0.4 is 4.74 Å². The molecule has 1 saturated heterocycles. The Balaban J connectivity index is 1.42. The molecule has 0 radical (unpaired) electrons. The molecular weight excluding hydrogens is 468 g/mol. The van der Waals surface area contributed by atoms with Crippen LogP contribution in [0.1, 0.15) is 24.0 Å². The van der Waals surface area contributed by atoms with Crippen LogP contribution in [0.25, 0.3) is 10.8 Å². The second-order valence-electron chi connectivity index (χ2n) is 9.40. The smallest absolute Gasteiger partial charge is 0.118 e. The van der Waals surface area contributed by atoms with E-state index in [1.54, 1.807) is 31.4 Å². The maximum absolute atomic E-state index is 11.7. The Morgan fingerprint density at radius 1 is 0.833 bits per heavy atom. The van der Waals surface area contributed by atoms with E-state index >= 15 is 0 Å². The zero-order valence-electron chi connectivity index (χ0n) is 20.7. The lowest BCUT2D eigenvalue weighted by Gasteiger charge is -2.49. The number of piperidine rings is 1. The number of nitrogens with zero attached hydrogens (tertiary/aromatic N) is 2. The van der Waals surface area contributed by atoms with Gasteiger partial charge in [0.25, 0.3) is 0 Å². The van der Waals surface area contributed by atoms with Crippen LogP contribution in [0.15, 0.2) is 102 Å². The molecule has 1 fully saturated rings. The van der Waals surface area contributed by atoms with Crippen LogP contribution in [-0.4, -0.2) is 44.6 Å². The Morgan fingerprint density at radius 2 is 1.50 bits per heavy atom. The first-order chi connectivity index (χ1) is 17.5. The molecule has 0 aliphatic carbocycles. The molecule has 1 aliphatic rings. The minimum Gasteiger partial charge on any atom is -0.497 e. The maximum atomic E-state index is 11.7. The highest BCUT2D eigenvalue weighted by Gasteiger charge is 2.34. The molecule has 0 saturated carbocycles. The lowest BCUT2D eigenvalue weighted by atomic mass is 10.0. The van der Waals surface area contributed by atoms with Gasteiger partial charge < -0.3 is 4.74 Å². The van der Waals surface area contributed by atoms with Gasteiger partial charge in [-0.1, -0.05) is 72.8 Å². The van der Waals surface area contributed by atoms with Gasteiger partial charge in [0.2, 0.25) is 0 Å². The highest BCUT2D eigenvalue weighted by atomic mass is 32.3. The molecule has 36 heavy (non-hydrogen) atoms. The normalized spacial score (nSPS) is 15.9. The highest BCUT2D eigenvalue weighted by molar-refractivity contribution is 8.22. The number of likely N-dealkylation sites (tertiary alicyclic amines) is 1. The molecule has 6 heteroatoms. The van der Waals surface area contributed by atoms with Gasteiger partial charge in [-0.05, 0) is 59.0 Å². The third-order valence-electron chi connectivity index (χ3n) is 7.12. The van der Waals surface area contributed by atoms with Gasteiger partial charge in [0.15, 0.2) is 0 Å². The summed E-state index contributed by atoms with van der Waals surface area (Å²) in [5, 5.41) is 2.31. The van der Waals surface area contributed by atoms with E-state index in [1.807, 2.05) is 22.5 Å². The van der Waals surface area contributed by atoms with Crippen molar-refractivity contribution in [3.05, 3.63) is 108 Å². The van der Waals surface area contributed by atoms with Crippen molar-refractivity contribution in [1.29, 1.82) is 0 Å². The van der Waals surface area contributed by atoms with Gasteiger partial charge >= 0.3 is 0 Å². The third-order valence-corrected chi connectivity index (χ3v) is 9.11. The first kappa shape index (κ1) is 24.8. The number of methoxy groups -OCH3 is 1. The molecule has 0 amide bonds. The van der Waals surface area contributed by atoms with E-state index in [2.05, 4.69) is 59.5 Å². The molecule has 0 spiro atoms. The first-order valence-electron chi connectivity index (χ1n) is 12.5. The molecule has 5 nitrogen and oxygen atoms in total. The van der Waals surface area contributed by atoms with Gasteiger partial charge in [-0.3, -0.25) is 14.0 Å². The van der Waals surface area contributed by atoms with Crippen molar-refractivity contribution in [2.24, 2.45) is 0 Å². The standard InChI is InChI=1S/C30H34N2O3S/c1-35-28-14-16-29(17-15-28)36(33,34)32(23-26-12-7-11-25-10-5-6-13-30(25)26)27-18-20-31(21-19-27)22-24-8-3-2-4-9-24/h2-17,27,33-34H,18-23H2,1H3. The van der Waals surface area contributed by atoms with Crippen molar-refractivity contribution in [2.45, 2.75) is 36.9 Å². The molecule has 0 aromatic heterocycles. The Bertz CT molecular complexity index is 1270. The average molecular weight is 503 g/mol. The Hall–Kier alpha value is -2.87. The van der Waals surface area contributed by atoms with E-state index in [0.29, 0.717) is 17.2 Å². The Labute approximate surface area is 215 Å². The predicted octanol–water partition coefficient (Wildman–Crippen LogP) is 7.04. The number of hydrogen-bond acceptors (Lipinski definition) is 5. The highest BCUT2D eigenvalue weighted by Crippen LogP contribution is 2.54. The van der Waals surface area contributed by atoms with Crippen LogP contribution in [0.3, 0.4) is 0 Å². The summed E-state index contributed by atoms with van der Waals surface area (Å²) < 4.78 is 30.7. The molecule has 0 atom stereocenters. The van der Waals surface area contributed by atoms with E-state index in [0.717, 1.165) is 48.8 Å². The van der Waals surface area contributed by atoms with Gasteiger partial charge in [0.05, 0.1) is 12.0 Å². The van der Waals surface area contributed by atoms with Gasteiger partial charge in [-0.2, -0.15) is 4.31 Å². The zero-order valence-corrected chi connectivity index (χ0v) is 21.5. The fraction of sp³-hybridized carbons (Fsp3) is 0.267. The summed E-state index contributed by atoms with van der Waals surface area (Å²) >= 11 is 0. The second kappa shape index (κ2) is 11.0. The quantitative estimate of drug-likeness (QED) is 0.271. The van der Waals surface area contributed by atoms with E-state index in [4.69, 9.17) is 4.74 Å². The zero-order chi connectivity index (χ0) is 25.0. The summed E-state index contributed by atoms with van der Waals surface area (Å²) in [7, 11) is -1.60. The molecule has 2 N–H and O–H groups in total. The number of rotatable bonds is 8. The second-order valence-corrected chi connectivity index (χ2v) is 11.4. The van der Waals surface area contributed by atoms with Crippen LogP contribution in [0, 0.1) is 0 Å². The van der Waals surface area contributed by atoms with Crippen molar-refractivity contribution in [3.8, 4) is 5.75 Å². The van der Waals surface area contributed by atoms with Gasteiger partial charge in [-0.25, -0.2) is 0 Å². The molecule has 1 aliphatic heterocycles. The molecular formula is C30H34N2O3S. The molecule has 0 unspecified atom stereocenters. The van der Waals surface area contributed by atoms with Crippen LogP contribution in [0.5, 0.6) is 5.75 Å². The number of benzene rings is 4. The summed E-state index contributed by atoms with van der Waals surface area (Å²) in [6.45, 7) is 3.23. The number of hydrogen-bond donors (Lipinski definition) is 2. The Kier molecular flexibility index (Phi) is 7.60. The summed E-state index contributed by atoms with van der Waals surface area (Å²) in [4.78, 5) is 2.98. The number of fused-ring (bicyclic) bond motifs is 1. The fourth-order valence-corrected chi connectivity index (χ4v) is 6.84. The van der Waals surface area contributed by atoms with E-state index in [1.165, 1.54) is 5.56 Å². The third kappa shape index (κ3) is 5.43. The molecule has 188 valence electrons. The SMILES string of the molecule is COc1ccc(S(O)(O)N(Cc2cccc3ccccc23)C2CCN(Cc3ccccc3)CC2)cc1. The lowest BCUT2D eigenvalue weighted by molar-refractivity contribution is 0.143. The molecule has 5 rings (SSSR count). The first-order valence-corrected chi connectivity index (χ1v) is 14.0. The van der Waals surface area contributed by atoms with Gasteiger partial charge in [0, 0.05) is 32.2 Å². The average Bonchev–Trinajstić information content (AvgIpc) is 2.93.